The summed E-state index contributed by atoms with van der Waals surface area (Å²) in [6.07, 6.45) is 2.66. The number of hydrogen-bond donors (Lipinski definition) is 1. The summed E-state index contributed by atoms with van der Waals surface area (Å²) in [6, 6.07) is 7.84. The van der Waals surface area contributed by atoms with Crippen LogP contribution in [0, 0.1) is 21.4 Å². The quantitative estimate of drug-likeness (QED) is 0.448. The number of allylic oxidation sites excluding steroid dienone is 1. The van der Waals surface area contributed by atoms with Gasteiger partial charge in [0.15, 0.2) is 0 Å². The molecule has 1 rings (SSSR count). The fourth-order valence-corrected chi connectivity index (χ4v) is 0.884. The first-order valence-corrected chi connectivity index (χ1v) is 3.79. The molecule has 0 aliphatic heterocycles. The Balaban J connectivity index is 2.79. The monoisotopic (exact) mass is 189 g/mol. The number of rotatable bonds is 3. The second-order valence-electron chi connectivity index (χ2n) is 2.41. The van der Waals surface area contributed by atoms with Crippen molar-refractivity contribution in [1.29, 1.82) is 5.26 Å². The fraction of sp³-hybridized carbons (Fsp3) is 0. The van der Waals surface area contributed by atoms with Crippen molar-refractivity contribution in [2.45, 2.75) is 0 Å². The number of benzene rings is 1. The predicted octanol–water partition coefficient (Wildman–Crippen LogP) is 2.04. The van der Waals surface area contributed by atoms with Gasteiger partial charge >= 0.3 is 0 Å². The van der Waals surface area contributed by atoms with Gasteiger partial charge in [0.05, 0.1) is 11.0 Å². The highest BCUT2D eigenvalue weighted by Gasteiger charge is 2.03. The van der Waals surface area contributed by atoms with Gasteiger partial charge in [-0.05, 0) is 6.07 Å². The number of nitro benzene ring substituents is 1. The van der Waals surface area contributed by atoms with Crippen molar-refractivity contribution >= 4 is 11.4 Å². The Kier molecular flexibility index (Phi) is 3.21. The molecule has 0 fully saturated rings. The molecule has 0 unspecified atom stereocenters. The van der Waals surface area contributed by atoms with Gasteiger partial charge in [0, 0.05) is 30.1 Å². The lowest BCUT2D eigenvalue weighted by Crippen LogP contribution is -1.90. The summed E-state index contributed by atoms with van der Waals surface area (Å²) in [6.45, 7) is 0. The molecular formula is C9H7N3O2. The van der Waals surface area contributed by atoms with Crippen LogP contribution in [-0.4, -0.2) is 4.92 Å². The Labute approximate surface area is 80.4 Å². The van der Waals surface area contributed by atoms with Crippen molar-refractivity contribution in [3.63, 3.8) is 0 Å². The van der Waals surface area contributed by atoms with Crippen LogP contribution >= 0.6 is 0 Å². The van der Waals surface area contributed by atoms with Crippen molar-refractivity contribution in [1.82, 2.24) is 0 Å². The zero-order valence-electron chi connectivity index (χ0n) is 7.18. The summed E-state index contributed by atoms with van der Waals surface area (Å²) in [5.41, 5.74) is 0.589. The third-order valence-electron chi connectivity index (χ3n) is 1.46. The molecule has 0 atom stereocenters. The second kappa shape index (κ2) is 4.62. The van der Waals surface area contributed by atoms with Gasteiger partial charge in [-0.3, -0.25) is 10.1 Å². The standard InChI is InChI=1S/C9H7N3O2/c10-5-2-6-11-8-3-1-4-9(7-8)12(13)14/h1-4,6-7,11H. The molecule has 0 aliphatic carbocycles. The van der Waals surface area contributed by atoms with E-state index in [0.29, 0.717) is 5.69 Å². The van der Waals surface area contributed by atoms with Crippen LogP contribution in [0.25, 0.3) is 0 Å². The number of nitrogens with zero attached hydrogens (tertiary/aromatic N) is 2. The second-order valence-corrected chi connectivity index (χ2v) is 2.41. The number of hydrogen-bond acceptors (Lipinski definition) is 4. The first kappa shape index (κ1) is 9.74. The van der Waals surface area contributed by atoms with Gasteiger partial charge < -0.3 is 5.32 Å². The van der Waals surface area contributed by atoms with Gasteiger partial charge in [0.25, 0.3) is 5.69 Å². The van der Waals surface area contributed by atoms with Gasteiger partial charge in [-0.1, -0.05) is 6.07 Å². The molecule has 1 N–H and O–H groups in total. The molecule has 1 aromatic carbocycles. The fourth-order valence-electron chi connectivity index (χ4n) is 0.884. The Morgan fingerprint density at radius 3 is 3.00 bits per heavy atom. The van der Waals surface area contributed by atoms with Gasteiger partial charge in [-0.25, -0.2) is 0 Å². The zero-order chi connectivity index (χ0) is 10.4. The number of non-ortho nitro benzene ring substituents is 1. The zero-order valence-corrected chi connectivity index (χ0v) is 7.18. The molecule has 0 aliphatic rings. The number of nitrogens with one attached hydrogen (secondary N) is 1. The topological polar surface area (TPSA) is 79.0 Å². The van der Waals surface area contributed by atoms with E-state index in [1.807, 2.05) is 0 Å². The Hall–Kier alpha value is -2.35. The molecule has 14 heavy (non-hydrogen) atoms. The van der Waals surface area contributed by atoms with E-state index in [0.717, 1.165) is 0 Å². The van der Waals surface area contributed by atoms with Gasteiger partial charge in [-0.15, -0.1) is 0 Å². The van der Waals surface area contributed by atoms with Gasteiger partial charge in [-0.2, -0.15) is 5.26 Å². The average molecular weight is 189 g/mol. The SMILES string of the molecule is N#CC=CNc1cccc([N+](=O)[O-])c1. The number of anilines is 1. The van der Waals surface area contributed by atoms with E-state index in [-0.39, 0.29) is 5.69 Å². The summed E-state index contributed by atoms with van der Waals surface area (Å²) in [5.74, 6) is 0. The van der Waals surface area contributed by atoms with Gasteiger partial charge in [0.1, 0.15) is 0 Å². The molecule has 0 radical (unpaired) electrons. The van der Waals surface area contributed by atoms with Crippen LogP contribution in [0.1, 0.15) is 0 Å². The smallest absolute Gasteiger partial charge is 0.271 e. The third kappa shape index (κ3) is 2.60. The Bertz CT molecular complexity index is 407. The normalized spacial score (nSPS) is 9.64. The van der Waals surface area contributed by atoms with Crippen LogP contribution in [0.3, 0.4) is 0 Å². The maximum absolute atomic E-state index is 10.4. The first-order chi connectivity index (χ1) is 6.74. The molecule has 70 valence electrons. The van der Waals surface area contributed by atoms with E-state index < -0.39 is 4.92 Å². The molecule has 1 aromatic rings. The minimum absolute atomic E-state index is 0.0142. The average Bonchev–Trinajstić information content (AvgIpc) is 2.19. The minimum Gasteiger partial charge on any atom is -0.361 e. The molecule has 0 spiro atoms. The van der Waals surface area contributed by atoms with Crippen molar-refractivity contribution in [2.75, 3.05) is 5.32 Å². The highest BCUT2D eigenvalue weighted by Crippen LogP contribution is 2.16. The number of nitriles is 1. The van der Waals surface area contributed by atoms with Crippen LogP contribution in [0.4, 0.5) is 11.4 Å². The predicted molar refractivity (Wildman–Crippen MR) is 51.5 cm³/mol. The molecule has 0 heterocycles. The molecule has 5 heteroatoms. The minimum atomic E-state index is -0.473. The van der Waals surface area contributed by atoms with Crippen LogP contribution < -0.4 is 5.32 Å². The molecule has 0 amide bonds. The summed E-state index contributed by atoms with van der Waals surface area (Å²) in [5, 5.41) is 21.3. The van der Waals surface area contributed by atoms with Crippen LogP contribution in [0.2, 0.25) is 0 Å². The van der Waals surface area contributed by atoms with Crippen molar-refractivity contribution in [3.8, 4) is 6.07 Å². The summed E-state index contributed by atoms with van der Waals surface area (Å²) >= 11 is 0. The summed E-state index contributed by atoms with van der Waals surface area (Å²) in [7, 11) is 0. The van der Waals surface area contributed by atoms with Crippen molar-refractivity contribution in [3.05, 3.63) is 46.7 Å². The lowest BCUT2D eigenvalue weighted by atomic mass is 10.3. The van der Waals surface area contributed by atoms with Crippen LogP contribution in [-0.2, 0) is 0 Å². The van der Waals surface area contributed by atoms with Crippen LogP contribution in [0.15, 0.2) is 36.5 Å². The summed E-state index contributed by atoms with van der Waals surface area (Å²) in [4.78, 5) is 9.92. The molecule has 0 saturated carbocycles. The number of nitro groups is 1. The Morgan fingerprint density at radius 1 is 1.57 bits per heavy atom. The molecule has 0 bridgehead atoms. The maximum Gasteiger partial charge on any atom is 0.271 e. The van der Waals surface area contributed by atoms with E-state index in [9.17, 15) is 10.1 Å². The van der Waals surface area contributed by atoms with E-state index >= 15 is 0 Å². The molecule has 5 nitrogen and oxygen atoms in total. The third-order valence-corrected chi connectivity index (χ3v) is 1.46. The van der Waals surface area contributed by atoms with E-state index in [1.54, 1.807) is 18.2 Å². The Morgan fingerprint density at radius 2 is 2.36 bits per heavy atom. The highest BCUT2D eigenvalue weighted by atomic mass is 16.6. The van der Waals surface area contributed by atoms with Gasteiger partial charge in [0.2, 0.25) is 0 Å². The van der Waals surface area contributed by atoms with E-state index in [1.165, 1.54) is 24.4 Å². The largest absolute Gasteiger partial charge is 0.361 e. The summed E-state index contributed by atoms with van der Waals surface area (Å²) < 4.78 is 0. The lowest BCUT2D eigenvalue weighted by Gasteiger charge is -1.98. The van der Waals surface area contributed by atoms with E-state index in [4.69, 9.17) is 5.26 Å². The van der Waals surface area contributed by atoms with Crippen molar-refractivity contribution in [2.24, 2.45) is 0 Å². The maximum atomic E-state index is 10.4. The van der Waals surface area contributed by atoms with E-state index in [2.05, 4.69) is 5.32 Å². The highest BCUT2D eigenvalue weighted by molar-refractivity contribution is 5.52. The first-order valence-electron chi connectivity index (χ1n) is 3.79. The van der Waals surface area contributed by atoms with Crippen molar-refractivity contribution < 1.29 is 4.92 Å². The van der Waals surface area contributed by atoms with Crippen LogP contribution in [0.5, 0.6) is 0 Å². The molecule has 0 saturated heterocycles. The lowest BCUT2D eigenvalue weighted by molar-refractivity contribution is -0.384. The molecule has 0 aromatic heterocycles. The molecular weight excluding hydrogens is 182 g/mol.